The van der Waals surface area contributed by atoms with Gasteiger partial charge in [-0.05, 0) is 34.8 Å². The maximum absolute atomic E-state index is 13.2. The molecular formula is C19H26BrN5O3. The number of unbranched alkanes of at least 4 members (excludes halogenated alkanes) is 3. The number of nitrogens with two attached hydrogens (primary N) is 1. The van der Waals surface area contributed by atoms with Crippen molar-refractivity contribution in [3.63, 3.8) is 0 Å². The molecule has 9 heteroatoms. The van der Waals surface area contributed by atoms with Gasteiger partial charge >= 0.3 is 5.69 Å². The maximum Gasteiger partial charge on any atom is 0.330 e. The highest BCUT2D eigenvalue weighted by atomic mass is 79.9. The third kappa shape index (κ3) is 5.09. The zero-order chi connectivity index (χ0) is 20.7. The lowest BCUT2D eigenvalue weighted by molar-refractivity contribution is 0.0985. The molecule has 2 rings (SSSR count). The van der Waals surface area contributed by atoms with Crippen molar-refractivity contribution < 1.29 is 4.79 Å². The summed E-state index contributed by atoms with van der Waals surface area (Å²) in [4.78, 5) is 45.6. The van der Waals surface area contributed by atoms with Crippen LogP contribution in [0.15, 0.2) is 32.5 Å². The van der Waals surface area contributed by atoms with Gasteiger partial charge in [-0.25, -0.2) is 4.79 Å². The highest BCUT2D eigenvalue weighted by Gasteiger charge is 2.25. The molecular weight excluding hydrogens is 426 g/mol. The van der Waals surface area contributed by atoms with Gasteiger partial charge in [-0.2, -0.15) is 0 Å². The number of rotatable bonds is 9. The molecule has 28 heavy (non-hydrogen) atoms. The summed E-state index contributed by atoms with van der Waals surface area (Å²) in [7, 11) is 0. The molecule has 0 radical (unpaired) electrons. The van der Waals surface area contributed by atoms with E-state index in [9.17, 15) is 14.4 Å². The fourth-order valence-corrected chi connectivity index (χ4v) is 3.26. The highest BCUT2D eigenvalue weighted by molar-refractivity contribution is 9.10. The zero-order valence-electron chi connectivity index (χ0n) is 16.2. The first-order valence-corrected chi connectivity index (χ1v) is 10.2. The number of amides is 1. The van der Waals surface area contributed by atoms with E-state index in [-0.39, 0.29) is 17.4 Å². The van der Waals surface area contributed by atoms with Crippen LogP contribution in [-0.2, 0) is 6.54 Å². The zero-order valence-corrected chi connectivity index (χ0v) is 17.8. The number of nitrogens with zero attached hydrogens (tertiary/aromatic N) is 3. The molecule has 0 unspecified atom stereocenters. The van der Waals surface area contributed by atoms with E-state index in [1.165, 1.54) is 15.7 Å². The molecule has 0 aliphatic heterocycles. The third-order valence-corrected chi connectivity index (χ3v) is 4.84. The first-order valence-electron chi connectivity index (χ1n) is 9.45. The van der Waals surface area contributed by atoms with Crippen LogP contribution in [0.2, 0.25) is 0 Å². The number of aromatic amines is 1. The number of aromatic nitrogens is 3. The number of carbonyl (C=O) groups is 1. The molecule has 0 aliphatic carbocycles. The minimum absolute atomic E-state index is 0.00926. The second-order valence-electron chi connectivity index (χ2n) is 6.55. The SMILES string of the molecule is CCCCCN(C(=O)c1cncc(Br)c1)c1c(N)n(CCCC)c(=O)[nH]c1=O. The first-order chi connectivity index (χ1) is 13.4. The van der Waals surface area contributed by atoms with Crippen molar-refractivity contribution in [2.24, 2.45) is 0 Å². The average molecular weight is 452 g/mol. The number of H-pyrrole nitrogens is 1. The van der Waals surface area contributed by atoms with E-state index in [0.717, 1.165) is 25.7 Å². The summed E-state index contributed by atoms with van der Waals surface area (Å²) in [6.07, 6.45) is 7.17. The number of anilines is 2. The van der Waals surface area contributed by atoms with Gasteiger partial charge in [0.15, 0.2) is 5.69 Å². The molecule has 2 heterocycles. The molecule has 0 bridgehead atoms. The molecule has 1 amide bonds. The summed E-state index contributed by atoms with van der Waals surface area (Å²) in [5.41, 5.74) is 5.31. The second-order valence-corrected chi connectivity index (χ2v) is 7.47. The Bertz CT molecular complexity index is 938. The van der Waals surface area contributed by atoms with E-state index >= 15 is 0 Å². The minimum Gasteiger partial charge on any atom is -0.383 e. The van der Waals surface area contributed by atoms with Gasteiger partial charge in [0.25, 0.3) is 11.5 Å². The number of pyridine rings is 1. The van der Waals surface area contributed by atoms with E-state index in [1.807, 2.05) is 6.92 Å². The van der Waals surface area contributed by atoms with Crippen LogP contribution in [0.25, 0.3) is 0 Å². The first kappa shape index (κ1) is 21.9. The number of carbonyl (C=O) groups excluding carboxylic acids is 1. The number of nitrogens with one attached hydrogen (secondary N) is 1. The van der Waals surface area contributed by atoms with E-state index in [1.54, 1.807) is 12.3 Å². The van der Waals surface area contributed by atoms with Gasteiger partial charge in [0.2, 0.25) is 0 Å². The minimum atomic E-state index is -0.664. The smallest absolute Gasteiger partial charge is 0.330 e. The Morgan fingerprint density at radius 3 is 2.57 bits per heavy atom. The third-order valence-electron chi connectivity index (χ3n) is 4.40. The Labute approximate surface area is 171 Å². The molecule has 0 aromatic carbocycles. The standard InChI is InChI=1S/C19H26BrN5O3/c1-3-5-7-9-24(18(27)13-10-14(20)12-22-11-13)15-16(21)25(8-6-4-2)19(28)23-17(15)26/h10-12H,3-9,21H2,1-2H3,(H,23,26,28). The average Bonchev–Trinajstić information content (AvgIpc) is 2.66. The lowest BCUT2D eigenvalue weighted by Crippen LogP contribution is -2.41. The van der Waals surface area contributed by atoms with Crippen LogP contribution in [-0.4, -0.2) is 27.0 Å². The summed E-state index contributed by atoms with van der Waals surface area (Å²) in [5.74, 6) is -0.377. The molecule has 0 spiro atoms. The number of hydrogen-bond acceptors (Lipinski definition) is 5. The lowest BCUT2D eigenvalue weighted by atomic mass is 10.2. The van der Waals surface area contributed by atoms with Gasteiger partial charge in [0.05, 0.1) is 5.56 Å². The van der Waals surface area contributed by atoms with Gasteiger partial charge < -0.3 is 10.6 Å². The Morgan fingerprint density at radius 1 is 1.21 bits per heavy atom. The van der Waals surface area contributed by atoms with Gasteiger partial charge in [-0.15, -0.1) is 0 Å². The van der Waals surface area contributed by atoms with Crippen LogP contribution in [0, 0.1) is 0 Å². The molecule has 8 nitrogen and oxygen atoms in total. The molecule has 0 saturated carbocycles. The molecule has 0 saturated heterocycles. The van der Waals surface area contributed by atoms with Crippen LogP contribution in [0.3, 0.4) is 0 Å². The highest BCUT2D eigenvalue weighted by Crippen LogP contribution is 2.21. The van der Waals surface area contributed by atoms with Gasteiger partial charge in [-0.3, -0.25) is 24.1 Å². The summed E-state index contributed by atoms with van der Waals surface area (Å²) in [6, 6.07) is 1.64. The van der Waals surface area contributed by atoms with E-state index < -0.39 is 11.2 Å². The normalized spacial score (nSPS) is 10.8. The van der Waals surface area contributed by atoms with E-state index in [2.05, 4.69) is 32.8 Å². The van der Waals surface area contributed by atoms with Crippen molar-refractivity contribution in [2.75, 3.05) is 17.2 Å². The fourth-order valence-electron chi connectivity index (χ4n) is 2.90. The van der Waals surface area contributed by atoms with Crippen LogP contribution < -0.4 is 21.9 Å². The molecule has 152 valence electrons. The second kappa shape index (κ2) is 10.2. The van der Waals surface area contributed by atoms with E-state index in [4.69, 9.17) is 5.73 Å². The Kier molecular flexibility index (Phi) is 7.98. The Balaban J connectivity index is 2.55. The van der Waals surface area contributed by atoms with Crippen molar-refractivity contribution >= 4 is 33.3 Å². The monoisotopic (exact) mass is 451 g/mol. The van der Waals surface area contributed by atoms with Crippen molar-refractivity contribution in [3.05, 3.63) is 49.3 Å². The predicted octanol–water partition coefficient (Wildman–Crippen LogP) is 2.91. The molecule has 0 aliphatic rings. The van der Waals surface area contributed by atoms with Crippen LogP contribution in [0.1, 0.15) is 56.3 Å². The number of halogens is 1. The molecule has 0 atom stereocenters. The summed E-state index contributed by atoms with van der Waals surface area (Å²) in [5, 5.41) is 0. The number of hydrogen-bond donors (Lipinski definition) is 2. The van der Waals surface area contributed by atoms with Crippen LogP contribution in [0.5, 0.6) is 0 Å². The van der Waals surface area contributed by atoms with Crippen molar-refractivity contribution in [3.8, 4) is 0 Å². The summed E-state index contributed by atoms with van der Waals surface area (Å²) < 4.78 is 1.97. The van der Waals surface area contributed by atoms with Gasteiger partial charge in [0, 0.05) is 30.0 Å². The molecule has 3 N–H and O–H groups in total. The molecule has 2 aromatic heterocycles. The summed E-state index contributed by atoms with van der Waals surface area (Å²) >= 11 is 3.31. The molecule has 2 aromatic rings. The Hall–Kier alpha value is -2.42. The summed E-state index contributed by atoms with van der Waals surface area (Å²) in [6.45, 7) is 4.74. The largest absolute Gasteiger partial charge is 0.383 e. The molecule has 0 fully saturated rings. The van der Waals surface area contributed by atoms with Crippen LogP contribution in [0.4, 0.5) is 11.5 Å². The maximum atomic E-state index is 13.2. The van der Waals surface area contributed by atoms with Crippen molar-refractivity contribution in [2.45, 2.75) is 52.5 Å². The van der Waals surface area contributed by atoms with Gasteiger partial charge in [-0.1, -0.05) is 33.1 Å². The van der Waals surface area contributed by atoms with Crippen LogP contribution >= 0.6 is 15.9 Å². The Morgan fingerprint density at radius 2 is 1.93 bits per heavy atom. The quantitative estimate of drug-likeness (QED) is 0.568. The van der Waals surface area contributed by atoms with E-state index in [0.29, 0.717) is 29.5 Å². The lowest BCUT2D eigenvalue weighted by Gasteiger charge is -2.24. The van der Waals surface area contributed by atoms with Crippen molar-refractivity contribution in [1.82, 2.24) is 14.5 Å². The van der Waals surface area contributed by atoms with Crippen molar-refractivity contribution in [1.29, 1.82) is 0 Å². The fraction of sp³-hybridized carbons (Fsp3) is 0.474. The van der Waals surface area contributed by atoms with Gasteiger partial charge in [0.1, 0.15) is 5.82 Å². The number of nitrogen functional groups attached to an aromatic ring is 1. The topological polar surface area (TPSA) is 114 Å². The predicted molar refractivity (Wildman–Crippen MR) is 114 cm³/mol.